The van der Waals surface area contributed by atoms with E-state index >= 15 is 4.39 Å². The Balaban J connectivity index is 1.19. The van der Waals surface area contributed by atoms with E-state index in [4.69, 9.17) is 30.5 Å². The number of aromatic carboxylic acids is 1. The third-order valence-corrected chi connectivity index (χ3v) is 15.7. The smallest absolute Gasteiger partial charge is 0.341 e. The number of esters is 1. The first-order valence-corrected chi connectivity index (χ1v) is 25.6. The number of rotatable bonds is 7. The molecular weight excluding hydrogens is 1030 g/mol. The minimum absolute atomic E-state index is 0.00567. The summed E-state index contributed by atoms with van der Waals surface area (Å²) in [5.74, 6) is -11.6. The van der Waals surface area contributed by atoms with Crippen LogP contribution in [0.1, 0.15) is 99.2 Å². The molecule has 5 aliphatic rings. The monoisotopic (exact) mass is 1090 g/mol. The van der Waals surface area contributed by atoms with E-state index in [2.05, 4.69) is 10.4 Å². The van der Waals surface area contributed by atoms with E-state index < -0.39 is 123 Å². The average molecular weight is 1090 g/mol. The molecule has 7 N–H and O–H groups in total. The van der Waals surface area contributed by atoms with Crippen molar-refractivity contribution in [2.45, 2.75) is 104 Å². The SMILES string of the molecule is CO[C@H]1C=CO[C@@]2(C)Oc3c(C)c(O)c4c(O)c(c(C=NN5CCN(c6c(F)cc7c(=O)c(C(=O)O)cn(C8CC8)c7c6Cl)CC5)c(O)c4c3C2=O)NC(=O)C(C)=CC=C[C@H](C)[C@H](O)[C@@H](C)[C@@H](O)[C@@H](C)[C@H](OC(C)=O)[C@@H]1C. The van der Waals surface area contributed by atoms with Crippen molar-refractivity contribution < 1.29 is 73.2 Å². The number of phenolic OH excluding ortho intramolecular Hbond substituents is 3. The number of hydrazone groups is 1. The maximum Gasteiger partial charge on any atom is 0.341 e. The number of amides is 1. The molecule has 0 unspecified atom stereocenters. The number of carbonyl (C=O) groups excluding carboxylic acids is 3. The molecule has 4 aliphatic heterocycles. The third kappa shape index (κ3) is 10.3. The van der Waals surface area contributed by atoms with Crippen molar-refractivity contribution in [3.8, 4) is 23.0 Å². The Morgan fingerprint density at radius 3 is 2.25 bits per heavy atom. The minimum Gasteiger partial charge on any atom is -0.507 e. The molecular formula is C55H63ClFN5O15. The highest BCUT2D eigenvalue weighted by Gasteiger charge is 2.50. The molecule has 5 heterocycles. The summed E-state index contributed by atoms with van der Waals surface area (Å²) in [6.07, 6.45) is 6.92. The number of fused-ring (bicyclic) bond motifs is 15. The van der Waals surface area contributed by atoms with Gasteiger partial charge in [0.25, 0.3) is 11.7 Å². The highest BCUT2D eigenvalue weighted by atomic mass is 35.5. The number of aromatic hydroxyl groups is 3. The molecule has 1 amide bonds. The lowest BCUT2D eigenvalue weighted by Crippen LogP contribution is -2.46. The predicted molar refractivity (Wildman–Crippen MR) is 284 cm³/mol. The number of Topliss-reactive ketones (excluding diaryl/α,β-unsaturated/α-hetero) is 1. The number of piperazine rings is 1. The lowest BCUT2D eigenvalue weighted by molar-refractivity contribution is -0.160. The fraction of sp³-hybridized carbons (Fsp3) is 0.455. The van der Waals surface area contributed by atoms with Crippen molar-refractivity contribution in [2.75, 3.05) is 43.5 Å². The molecule has 1 saturated carbocycles. The normalized spacial score (nSPS) is 26.6. The summed E-state index contributed by atoms with van der Waals surface area (Å²) in [6.45, 7) is 12.7. The van der Waals surface area contributed by atoms with Gasteiger partial charge in [0, 0.05) is 86.5 Å². The quantitative estimate of drug-likeness (QED) is 0.0422. The number of benzene rings is 3. The minimum atomic E-state index is -2.15. The van der Waals surface area contributed by atoms with Crippen LogP contribution in [-0.4, -0.2) is 134 Å². The zero-order chi connectivity index (χ0) is 56.3. The van der Waals surface area contributed by atoms with Crippen LogP contribution in [0.2, 0.25) is 5.02 Å². The molecule has 9 atom stereocenters. The number of nitrogens with zero attached hydrogens (tertiary/aromatic N) is 4. The number of aliphatic hydroxyl groups excluding tert-OH is 2. The van der Waals surface area contributed by atoms with Gasteiger partial charge < -0.3 is 64.4 Å². The molecule has 1 aliphatic carbocycles. The first kappa shape index (κ1) is 56.0. The number of methoxy groups -OCH3 is 1. The van der Waals surface area contributed by atoms with E-state index in [1.165, 1.54) is 59.2 Å². The lowest BCUT2D eigenvalue weighted by atomic mass is 9.78. The summed E-state index contributed by atoms with van der Waals surface area (Å²) < 4.78 is 41.4. The number of carboxylic acid groups (broad SMARTS) is 1. The van der Waals surface area contributed by atoms with Crippen LogP contribution in [0.15, 0.2) is 58.3 Å². The van der Waals surface area contributed by atoms with Gasteiger partial charge in [-0.25, -0.2) is 9.18 Å². The highest BCUT2D eigenvalue weighted by molar-refractivity contribution is 6.38. The Kier molecular flexibility index (Phi) is 15.8. The van der Waals surface area contributed by atoms with E-state index in [0.29, 0.717) is 12.8 Å². The number of pyridine rings is 1. The van der Waals surface area contributed by atoms with E-state index in [1.807, 2.05) is 0 Å². The molecule has 2 fully saturated rings. The van der Waals surface area contributed by atoms with Crippen molar-refractivity contribution in [2.24, 2.45) is 28.8 Å². The van der Waals surface area contributed by atoms with Crippen molar-refractivity contribution in [1.29, 1.82) is 0 Å². The molecule has 3 aromatic carbocycles. The second-order valence-corrected chi connectivity index (χ2v) is 20.9. The molecule has 4 aromatic rings. The summed E-state index contributed by atoms with van der Waals surface area (Å²) in [5.41, 5.74) is -2.05. The number of hydrogen-bond acceptors (Lipinski definition) is 17. The first-order chi connectivity index (χ1) is 36.3. The van der Waals surface area contributed by atoms with Gasteiger partial charge in [-0.3, -0.25) is 24.2 Å². The zero-order valence-electron chi connectivity index (χ0n) is 44.0. The second-order valence-electron chi connectivity index (χ2n) is 20.5. The van der Waals surface area contributed by atoms with Crippen LogP contribution in [0, 0.1) is 36.4 Å². The fourth-order valence-electron chi connectivity index (χ4n) is 10.6. The van der Waals surface area contributed by atoms with E-state index in [0.717, 1.165) is 18.5 Å². The van der Waals surface area contributed by atoms with Gasteiger partial charge in [-0.05, 0) is 38.8 Å². The van der Waals surface area contributed by atoms with E-state index in [9.17, 15) is 54.6 Å². The summed E-state index contributed by atoms with van der Waals surface area (Å²) >= 11 is 6.92. The second kappa shape index (κ2) is 21.7. The third-order valence-electron chi connectivity index (χ3n) is 15.3. The number of ketones is 1. The number of ether oxygens (including phenoxy) is 4. The first-order valence-electron chi connectivity index (χ1n) is 25.2. The number of carbonyl (C=O) groups is 4. The number of halogens is 2. The van der Waals surface area contributed by atoms with E-state index in [1.54, 1.807) is 48.2 Å². The van der Waals surface area contributed by atoms with Crippen molar-refractivity contribution in [3.05, 3.63) is 91.7 Å². The molecule has 1 saturated heterocycles. The van der Waals surface area contributed by atoms with Crippen LogP contribution in [0.25, 0.3) is 21.7 Å². The molecule has 5 bridgehead atoms. The van der Waals surface area contributed by atoms with Crippen LogP contribution >= 0.6 is 11.6 Å². The number of phenols is 3. The number of aromatic nitrogens is 1. The summed E-state index contributed by atoms with van der Waals surface area (Å²) in [4.78, 5) is 68.0. The van der Waals surface area contributed by atoms with E-state index in [-0.39, 0.29) is 87.2 Å². The zero-order valence-corrected chi connectivity index (χ0v) is 44.7. The van der Waals surface area contributed by atoms with Crippen molar-refractivity contribution >= 4 is 74.5 Å². The fourth-order valence-corrected chi connectivity index (χ4v) is 11.0. The van der Waals surface area contributed by atoms with Gasteiger partial charge in [-0.15, -0.1) is 0 Å². The number of anilines is 2. The number of nitrogens with one attached hydrogen (secondary N) is 1. The lowest BCUT2D eigenvalue weighted by Gasteiger charge is -2.38. The topological polar surface area (TPSA) is 279 Å². The Hall–Kier alpha value is -7.20. The number of allylic oxidation sites excluding steroid dienone is 2. The standard InChI is InChI=1S/C55H63ClFN5O15/c1-24-11-10-12-25(2)53(71)59-41-33(22-58-61-18-16-60(17-19-61)43-35(57)21-32-42(40(43)56)62(31-13-14-31)23-34(47(32)67)54(72)73)48(68)37-38(49(41)69)46(66)29(6)51-39(37)52(70)55(8,77-51)75-20-15-36(74-9)26(3)50(76-30(7)63)28(5)45(65)27(4)44(24)64/h10-12,15,20-24,26-28,31,36,44-45,50,64-66,68-69H,13-14,16-19H2,1-9H3,(H,59,71)(H,72,73)/t24-,26+,27+,28+,36-,44-,45+,50+,55-/m0/s1. The van der Waals surface area contributed by atoms with Gasteiger partial charge in [-0.1, -0.05) is 57.5 Å². The number of carboxylic acids is 1. The Morgan fingerprint density at radius 1 is 0.948 bits per heavy atom. The molecule has 0 radical (unpaired) electrons. The van der Waals surface area contributed by atoms with Crippen molar-refractivity contribution in [1.82, 2.24) is 9.58 Å². The van der Waals surface area contributed by atoms with Crippen LogP contribution < -0.4 is 20.4 Å². The molecule has 9 rings (SSSR count). The summed E-state index contributed by atoms with van der Waals surface area (Å²) in [5, 5.41) is 77.0. The Labute approximate surface area is 447 Å². The molecule has 412 valence electrons. The molecule has 1 aromatic heterocycles. The Bertz CT molecular complexity index is 3270. The Morgan fingerprint density at radius 2 is 1.62 bits per heavy atom. The van der Waals surface area contributed by atoms with Crippen molar-refractivity contribution in [3.63, 3.8) is 0 Å². The van der Waals surface area contributed by atoms with Crippen LogP contribution in [0.3, 0.4) is 0 Å². The maximum atomic E-state index is 16.1. The summed E-state index contributed by atoms with van der Waals surface area (Å²) in [6, 6.07) is 0.884. The highest BCUT2D eigenvalue weighted by Crippen LogP contribution is 2.55. The molecule has 77 heavy (non-hydrogen) atoms. The van der Waals surface area contributed by atoms with Gasteiger partial charge >= 0.3 is 17.7 Å². The number of aliphatic hydroxyl groups is 2. The molecule has 20 nitrogen and oxygen atoms in total. The number of hydrogen-bond donors (Lipinski definition) is 7. The van der Waals surface area contributed by atoms with Gasteiger partial charge in [-0.2, -0.15) is 5.10 Å². The van der Waals surface area contributed by atoms with Crippen LogP contribution in [-0.2, 0) is 23.8 Å². The summed E-state index contributed by atoms with van der Waals surface area (Å²) in [7, 11) is 1.41. The molecule has 0 spiro atoms. The predicted octanol–water partition coefficient (Wildman–Crippen LogP) is 7.05. The van der Waals surface area contributed by atoms with Crippen LogP contribution in [0.5, 0.6) is 23.0 Å². The van der Waals surface area contributed by atoms with Crippen LogP contribution in [0.4, 0.5) is 15.8 Å². The van der Waals surface area contributed by atoms with Gasteiger partial charge in [0.2, 0.25) is 5.43 Å². The van der Waals surface area contributed by atoms with Gasteiger partial charge in [0.1, 0.15) is 34.7 Å². The van der Waals surface area contributed by atoms with Gasteiger partial charge in [0.05, 0.1) is 87.7 Å². The van der Waals surface area contributed by atoms with Gasteiger partial charge in [0.15, 0.2) is 5.75 Å². The largest absolute Gasteiger partial charge is 0.507 e. The maximum absolute atomic E-state index is 16.1. The molecule has 22 heteroatoms. The average Bonchev–Trinajstić information content (AvgIpc) is 4.21.